The van der Waals surface area contributed by atoms with Gasteiger partial charge in [0, 0.05) is 24.6 Å². The molecule has 2 atom stereocenters. The van der Waals surface area contributed by atoms with Crippen LogP contribution in [0.25, 0.3) is 10.2 Å². The van der Waals surface area contributed by atoms with Gasteiger partial charge in [-0.15, -0.1) is 11.3 Å². The highest BCUT2D eigenvalue weighted by Crippen LogP contribution is 2.31. The third-order valence-corrected chi connectivity index (χ3v) is 7.10. The number of rotatable bonds is 10. The van der Waals surface area contributed by atoms with Gasteiger partial charge < -0.3 is 30.2 Å². The third kappa shape index (κ3) is 5.89. The topological polar surface area (TPSA) is 143 Å². The molecule has 1 aliphatic rings. The van der Waals surface area contributed by atoms with E-state index in [0.717, 1.165) is 12.8 Å². The van der Waals surface area contributed by atoms with E-state index in [1.165, 1.54) is 36.6 Å². The molecule has 4 N–H and O–H groups in total. The second-order valence-corrected chi connectivity index (χ2v) is 9.46. The van der Waals surface area contributed by atoms with Crippen LogP contribution >= 0.6 is 11.3 Å². The Morgan fingerprint density at radius 1 is 1.31 bits per heavy atom. The molecule has 12 heteroatoms. The van der Waals surface area contributed by atoms with Crippen molar-refractivity contribution in [2.45, 2.75) is 32.4 Å². The summed E-state index contributed by atoms with van der Waals surface area (Å²) in [6.45, 7) is 0.411. The van der Waals surface area contributed by atoms with Crippen LogP contribution in [0.2, 0.25) is 0 Å². The number of aliphatic hydroxyl groups excluding tert-OH is 1. The first-order chi connectivity index (χ1) is 17.4. The number of amides is 2. The second kappa shape index (κ2) is 11.6. The van der Waals surface area contributed by atoms with E-state index in [1.807, 2.05) is 0 Å². The van der Waals surface area contributed by atoms with Crippen LogP contribution in [0, 0.1) is 17.7 Å². The molecule has 1 fully saturated rings. The molecule has 1 aromatic carbocycles. The van der Waals surface area contributed by atoms with Crippen LogP contribution in [0.3, 0.4) is 0 Å². The molecule has 2 aromatic heterocycles. The monoisotopic (exact) mass is 518 g/mol. The van der Waals surface area contributed by atoms with Crippen LogP contribution in [0.1, 0.15) is 41.0 Å². The highest BCUT2D eigenvalue weighted by Gasteiger charge is 2.29. The van der Waals surface area contributed by atoms with Crippen LogP contribution in [-0.4, -0.2) is 47.3 Å². The molecule has 2 unspecified atom stereocenters. The van der Waals surface area contributed by atoms with E-state index in [4.69, 9.17) is 14.6 Å². The average Bonchev–Trinajstić information content (AvgIpc) is 3.51. The van der Waals surface area contributed by atoms with Crippen molar-refractivity contribution in [3.8, 4) is 5.75 Å². The number of thiophene rings is 1. The lowest BCUT2D eigenvalue weighted by atomic mass is 10.1. The zero-order valence-electron chi connectivity index (χ0n) is 19.6. The SMILES string of the molecule is COc1cc(CNC(=O)c2nc3scc(COCC4CCC(C(=O)NCO)C4)c3c(=O)[nH]2)ccc1F. The highest BCUT2D eigenvalue weighted by atomic mass is 32.1. The molecule has 3 aromatic rings. The first-order valence-corrected chi connectivity index (χ1v) is 12.3. The van der Waals surface area contributed by atoms with Gasteiger partial charge in [0.25, 0.3) is 11.5 Å². The summed E-state index contributed by atoms with van der Waals surface area (Å²) in [5, 5.41) is 16.1. The number of fused-ring (bicyclic) bond motifs is 1. The van der Waals surface area contributed by atoms with Crippen LogP contribution < -0.4 is 20.9 Å². The zero-order chi connectivity index (χ0) is 25.7. The number of aromatic amines is 1. The molecule has 0 saturated heterocycles. The molecular formula is C24H27FN4O6S. The van der Waals surface area contributed by atoms with Gasteiger partial charge in [-0.05, 0) is 48.3 Å². The Hall–Kier alpha value is -3.35. The predicted octanol–water partition coefficient (Wildman–Crippen LogP) is 2.06. The Bertz CT molecular complexity index is 1310. The molecule has 0 aliphatic heterocycles. The number of carbonyl (C=O) groups is 2. The summed E-state index contributed by atoms with van der Waals surface area (Å²) in [5.74, 6) is -1.13. The number of ether oxygens (including phenoxy) is 2. The third-order valence-electron chi connectivity index (χ3n) is 6.18. The summed E-state index contributed by atoms with van der Waals surface area (Å²) in [6.07, 6.45) is 2.31. The first kappa shape index (κ1) is 25.7. The fourth-order valence-corrected chi connectivity index (χ4v) is 5.25. The van der Waals surface area contributed by atoms with E-state index < -0.39 is 17.3 Å². The summed E-state index contributed by atoms with van der Waals surface area (Å²) in [4.78, 5) is 44.4. The lowest BCUT2D eigenvalue weighted by Gasteiger charge is -2.11. The van der Waals surface area contributed by atoms with Crippen molar-refractivity contribution in [1.82, 2.24) is 20.6 Å². The minimum atomic E-state index is -0.565. The molecule has 10 nitrogen and oxygen atoms in total. The Morgan fingerprint density at radius 2 is 2.14 bits per heavy atom. The van der Waals surface area contributed by atoms with Crippen LogP contribution in [0.4, 0.5) is 4.39 Å². The van der Waals surface area contributed by atoms with Gasteiger partial charge in [-0.25, -0.2) is 9.37 Å². The van der Waals surface area contributed by atoms with Crippen LogP contribution in [0.5, 0.6) is 5.75 Å². The molecule has 2 amide bonds. The van der Waals surface area contributed by atoms with Gasteiger partial charge in [0.05, 0.1) is 19.1 Å². The summed E-state index contributed by atoms with van der Waals surface area (Å²) in [6, 6.07) is 4.26. The fraction of sp³-hybridized carbons (Fsp3) is 0.417. The maximum atomic E-state index is 13.6. The van der Waals surface area contributed by atoms with Gasteiger partial charge >= 0.3 is 0 Å². The smallest absolute Gasteiger partial charge is 0.287 e. The number of aromatic nitrogens is 2. The summed E-state index contributed by atoms with van der Waals surface area (Å²) in [5.41, 5.74) is 0.875. The van der Waals surface area contributed by atoms with E-state index in [1.54, 1.807) is 5.38 Å². The Morgan fingerprint density at radius 3 is 2.92 bits per heavy atom. The van der Waals surface area contributed by atoms with Crippen LogP contribution in [-0.2, 0) is 22.7 Å². The number of carbonyl (C=O) groups excluding carboxylic acids is 2. The van der Waals surface area contributed by atoms with Crippen molar-refractivity contribution in [1.29, 1.82) is 0 Å². The number of hydrogen-bond acceptors (Lipinski definition) is 8. The Kier molecular flexibility index (Phi) is 8.28. The van der Waals surface area contributed by atoms with Crippen molar-refractivity contribution in [2.24, 2.45) is 11.8 Å². The Labute approximate surface area is 209 Å². The van der Waals surface area contributed by atoms with Crippen molar-refractivity contribution in [3.05, 3.63) is 56.7 Å². The summed E-state index contributed by atoms with van der Waals surface area (Å²) < 4.78 is 24.3. The number of nitrogens with one attached hydrogen (secondary N) is 3. The minimum absolute atomic E-state index is 0.0722. The van der Waals surface area contributed by atoms with Gasteiger partial charge in [0.2, 0.25) is 11.7 Å². The lowest BCUT2D eigenvalue weighted by molar-refractivity contribution is -0.126. The number of halogens is 1. The highest BCUT2D eigenvalue weighted by molar-refractivity contribution is 7.16. The number of nitrogens with zero attached hydrogens (tertiary/aromatic N) is 1. The van der Waals surface area contributed by atoms with Crippen molar-refractivity contribution in [3.63, 3.8) is 0 Å². The van der Waals surface area contributed by atoms with Gasteiger partial charge in [0.1, 0.15) is 11.6 Å². The van der Waals surface area contributed by atoms with Crippen LogP contribution in [0.15, 0.2) is 28.4 Å². The molecule has 1 saturated carbocycles. The van der Waals surface area contributed by atoms with E-state index >= 15 is 0 Å². The number of hydrogen-bond donors (Lipinski definition) is 4. The number of benzene rings is 1. The zero-order valence-corrected chi connectivity index (χ0v) is 20.5. The van der Waals surface area contributed by atoms with E-state index in [9.17, 15) is 18.8 Å². The summed E-state index contributed by atoms with van der Waals surface area (Å²) in [7, 11) is 1.36. The molecule has 0 radical (unpaired) electrons. The molecule has 192 valence electrons. The standard InChI is InChI=1S/C24H27FN4O6S/c1-34-18-7-13(3-5-17(18)25)8-26-23(33)20-28-22(32)19-16(11-36-24(19)29-20)10-35-9-14-2-4-15(6-14)21(31)27-12-30/h3,5,7,11,14-15,30H,2,4,6,8-10,12H2,1H3,(H,26,33)(H,27,31)(H,28,29,32). The van der Waals surface area contributed by atoms with Gasteiger partial charge in [-0.2, -0.15) is 0 Å². The second-order valence-electron chi connectivity index (χ2n) is 8.60. The van der Waals surface area contributed by atoms with E-state index in [-0.39, 0.29) is 49.2 Å². The maximum absolute atomic E-state index is 13.6. The largest absolute Gasteiger partial charge is 0.494 e. The van der Waals surface area contributed by atoms with Gasteiger partial charge in [-0.1, -0.05) is 6.07 Å². The quantitative estimate of drug-likeness (QED) is 0.301. The molecule has 0 bridgehead atoms. The van der Waals surface area contributed by atoms with E-state index in [0.29, 0.717) is 34.4 Å². The molecule has 1 aliphatic carbocycles. The predicted molar refractivity (Wildman–Crippen MR) is 130 cm³/mol. The normalized spacial score (nSPS) is 17.3. The first-order valence-electron chi connectivity index (χ1n) is 11.5. The molecule has 4 rings (SSSR count). The van der Waals surface area contributed by atoms with Gasteiger partial charge in [-0.3, -0.25) is 14.4 Å². The number of aliphatic hydroxyl groups is 1. The number of H-pyrrole nitrogens is 1. The molecular weight excluding hydrogens is 491 g/mol. The Balaban J connectivity index is 1.34. The van der Waals surface area contributed by atoms with Crippen molar-refractivity contribution in [2.75, 3.05) is 20.4 Å². The lowest BCUT2D eigenvalue weighted by Crippen LogP contribution is -2.30. The summed E-state index contributed by atoms with van der Waals surface area (Å²) >= 11 is 1.25. The van der Waals surface area contributed by atoms with Crippen molar-refractivity contribution >= 4 is 33.4 Å². The minimum Gasteiger partial charge on any atom is -0.494 e. The number of methoxy groups -OCH3 is 1. The molecule has 0 spiro atoms. The maximum Gasteiger partial charge on any atom is 0.287 e. The van der Waals surface area contributed by atoms with Gasteiger partial charge in [0.15, 0.2) is 11.6 Å². The van der Waals surface area contributed by atoms with Crippen molar-refractivity contribution < 1.29 is 28.6 Å². The fourth-order valence-electron chi connectivity index (χ4n) is 4.32. The average molecular weight is 519 g/mol. The van der Waals surface area contributed by atoms with E-state index in [2.05, 4.69) is 20.6 Å². The molecule has 2 heterocycles. The molecule has 36 heavy (non-hydrogen) atoms.